The minimum Gasteiger partial charge on any atom is -0.311 e. The van der Waals surface area contributed by atoms with Gasteiger partial charge in [0.2, 0.25) is 0 Å². The van der Waals surface area contributed by atoms with Gasteiger partial charge in [0.1, 0.15) is 0 Å². The quantitative estimate of drug-likeness (QED) is 0.129. The summed E-state index contributed by atoms with van der Waals surface area (Å²) in [5, 5.41) is 0. The molecule has 9 aromatic rings. The lowest BCUT2D eigenvalue weighted by Gasteiger charge is -2.27. The molecule has 0 saturated heterocycles. The van der Waals surface area contributed by atoms with Crippen molar-refractivity contribution in [1.29, 1.82) is 0 Å². The van der Waals surface area contributed by atoms with Gasteiger partial charge < -0.3 is 14.7 Å². The number of para-hydroxylation sites is 1. The minimum atomic E-state index is 1.10. The summed E-state index contributed by atoms with van der Waals surface area (Å²) in [7, 11) is 0. The Morgan fingerprint density at radius 3 is 0.541 bits per heavy atom. The Balaban J connectivity index is 0.979. The largest absolute Gasteiger partial charge is 0.311 e. The first-order chi connectivity index (χ1) is 29.9. The Labute approximate surface area is 361 Å². The summed E-state index contributed by atoms with van der Waals surface area (Å²) in [6.45, 7) is 8.52. The predicted molar refractivity (Wildman–Crippen MR) is 260 cm³/mol. The highest BCUT2D eigenvalue weighted by atomic mass is 15.2. The normalized spacial score (nSPS) is 11.0. The maximum atomic E-state index is 2.33. The average molecular weight is 788 g/mol. The van der Waals surface area contributed by atoms with Crippen molar-refractivity contribution in [2.24, 2.45) is 0 Å². The van der Waals surface area contributed by atoms with Crippen LogP contribution in [-0.2, 0) is 0 Å². The topological polar surface area (TPSA) is 9.72 Å². The van der Waals surface area contributed by atoms with Crippen LogP contribution in [0.15, 0.2) is 224 Å². The summed E-state index contributed by atoms with van der Waals surface area (Å²) >= 11 is 0. The first-order valence-corrected chi connectivity index (χ1v) is 21.0. The summed E-state index contributed by atoms with van der Waals surface area (Å²) in [5.41, 5.74) is 19.7. The minimum absolute atomic E-state index is 1.10. The maximum Gasteiger partial charge on any atom is 0.0462 e. The van der Waals surface area contributed by atoms with Gasteiger partial charge in [0.15, 0.2) is 0 Å². The number of aryl methyl sites for hydroxylation is 4. The molecule has 9 aromatic carbocycles. The first-order valence-electron chi connectivity index (χ1n) is 21.0. The molecular weight excluding hydrogens is 739 g/mol. The van der Waals surface area contributed by atoms with Gasteiger partial charge >= 0.3 is 0 Å². The zero-order valence-corrected chi connectivity index (χ0v) is 35.2. The molecule has 0 saturated carbocycles. The Kier molecular flexibility index (Phi) is 11.0. The van der Waals surface area contributed by atoms with E-state index in [4.69, 9.17) is 0 Å². The van der Waals surface area contributed by atoms with E-state index < -0.39 is 0 Å². The average Bonchev–Trinajstić information content (AvgIpc) is 3.31. The van der Waals surface area contributed by atoms with Crippen molar-refractivity contribution in [3.05, 3.63) is 247 Å². The van der Waals surface area contributed by atoms with Gasteiger partial charge in [-0.3, -0.25) is 0 Å². The van der Waals surface area contributed by atoms with Crippen molar-refractivity contribution >= 4 is 51.2 Å². The van der Waals surface area contributed by atoms with E-state index in [0.29, 0.717) is 0 Å². The lowest BCUT2D eigenvalue weighted by molar-refractivity contribution is 1.27. The van der Waals surface area contributed by atoms with Gasteiger partial charge in [-0.25, -0.2) is 0 Å². The van der Waals surface area contributed by atoms with Crippen molar-refractivity contribution in [2.45, 2.75) is 27.7 Å². The van der Waals surface area contributed by atoms with E-state index in [1.54, 1.807) is 0 Å². The molecule has 0 unspecified atom stereocenters. The summed E-state index contributed by atoms with van der Waals surface area (Å²) in [6, 6.07) is 81.1. The lowest BCUT2D eigenvalue weighted by atomic mass is 10.0. The lowest BCUT2D eigenvalue weighted by Crippen LogP contribution is -2.10. The van der Waals surface area contributed by atoms with Gasteiger partial charge in [-0.2, -0.15) is 0 Å². The monoisotopic (exact) mass is 787 g/mol. The van der Waals surface area contributed by atoms with Gasteiger partial charge in [-0.1, -0.05) is 138 Å². The molecule has 0 N–H and O–H groups in total. The van der Waals surface area contributed by atoms with E-state index in [1.807, 2.05) is 0 Å². The van der Waals surface area contributed by atoms with E-state index in [2.05, 4.69) is 267 Å². The molecule has 0 fully saturated rings. The number of hydrogen-bond acceptors (Lipinski definition) is 3. The molecule has 0 spiro atoms. The number of nitrogens with zero attached hydrogens (tertiary/aromatic N) is 3. The van der Waals surface area contributed by atoms with Crippen LogP contribution in [0.3, 0.4) is 0 Å². The first kappa shape index (κ1) is 38.9. The summed E-state index contributed by atoms with van der Waals surface area (Å²) in [5.74, 6) is 0. The predicted octanol–water partition coefficient (Wildman–Crippen LogP) is 16.7. The Bertz CT molecular complexity index is 2770. The fraction of sp³-hybridized carbons (Fsp3) is 0.0690. The van der Waals surface area contributed by atoms with E-state index >= 15 is 0 Å². The zero-order valence-electron chi connectivity index (χ0n) is 35.2. The van der Waals surface area contributed by atoms with Crippen LogP contribution in [0.25, 0.3) is 22.3 Å². The second kappa shape index (κ2) is 17.3. The maximum absolute atomic E-state index is 2.33. The van der Waals surface area contributed by atoms with Crippen LogP contribution in [0.2, 0.25) is 0 Å². The molecule has 0 aliphatic carbocycles. The van der Waals surface area contributed by atoms with Crippen molar-refractivity contribution < 1.29 is 0 Å². The third kappa shape index (κ3) is 8.59. The molecule has 0 amide bonds. The van der Waals surface area contributed by atoms with Crippen molar-refractivity contribution in [3.63, 3.8) is 0 Å². The summed E-state index contributed by atoms with van der Waals surface area (Å²) in [4.78, 5) is 6.95. The van der Waals surface area contributed by atoms with Gasteiger partial charge in [0.25, 0.3) is 0 Å². The molecule has 296 valence electrons. The number of anilines is 9. The summed E-state index contributed by atoms with van der Waals surface area (Å²) < 4.78 is 0. The van der Waals surface area contributed by atoms with Crippen molar-refractivity contribution in [3.8, 4) is 22.3 Å². The highest BCUT2D eigenvalue weighted by Crippen LogP contribution is 2.40. The van der Waals surface area contributed by atoms with Gasteiger partial charge in [-0.05, 0) is 159 Å². The number of rotatable bonds is 11. The zero-order chi connectivity index (χ0) is 41.7. The molecule has 3 heteroatoms. The smallest absolute Gasteiger partial charge is 0.0462 e. The number of hydrogen-bond donors (Lipinski definition) is 0. The van der Waals surface area contributed by atoms with E-state index in [1.165, 1.54) is 44.5 Å². The fourth-order valence-electron chi connectivity index (χ4n) is 7.91. The second-order valence-corrected chi connectivity index (χ2v) is 15.9. The number of benzene rings is 9. The molecule has 0 aliphatic rings. The highest BCUT2D eigenvalue weighted by Gasteiger charge is 2.16. The summed E-state index contributed by atoms with van der Waals surface area (Å²) in [6.07, 6.45) is 0. The molecule has 0 aliphatic heterocycles. The molecule has 9 rings (SSSR count). The van der Waals surface area contributed by atoms with Crippen LogP contribution < -0.4 is 14.7 Å². The molecule has 0 heterocycles. The van der Waals surface area contributed by atoms with E-state index in [0.717, 1.165) is 51.2 Å². The van der Waals surface area contributed by atoms with Crippen LogP contribution in [-0.4, -0.2) is 0 Å². The van der Waals surface area contributed by atoms with Crippen LogP contribution in [0.1, 0.15) is 22.3 Å². The molecule has 0 atom stereocenters. The van der Waals surface area contributed by atoms with Crippen molar-refractivity contribution in [1.82, 2.24) is 0 Å². The standard InChI is InChI=1S/C58H49N3/c1-42-10-26-51(27-11-42)59(50-8-6-5-7-9-50)55-34-18-46(19-35-55)48-22-38-57(39-23-48)61(54-32-16-45(4)17-33-54)58-40-24-49(25-41-58)47-20-36-56(37-21-47)60(52-28-12-43(2)13-29-52)53-30-14-44(3)15-31-53/h5-41H,1-4H3. The van der Waals surface area contributed by atoms with E-state index in [9.17, 15) is 0 Å². The van der Waals surface area contributed by atoms with Gasteiger partial charge in [0.05, 0.1) is 0 Å². The third-order valence-electron chi connectivity index (χ3n) is 11.4. The Morgan fingerprint density at radius 1 is 0.180 bits per heavy atom. The van der Waals surface area contributed by atoms with E-state index in [-0.39, 0.29) is 0 Å². The molecule has 0 radical (unpaired) electrons. The highest BCUT2D eigenvalue weighted by molar-refractivity contribution is 5.83. The Morgan fingerprint density at radius 2 is 0.344 bits per heavy atom. The SMILES string of the molecule is Cc1ccc(N(c2ccccc2)c2ccc(-c3ccc(N(c4ccc(C)cc4)c4ccc(-c5ccc(N(c6ccc(C)cc6)c6ccc(C)cc6)cc5)cc4)cc3)cc2)cc1. The fourth-order valence-corrected chi connectivity index (χ4v) is 7.91. The molecule has 0 bridgehead atoms. The molecule has 3 nitrogen and oxygen atoms in total. The Hall–Kier alpha value is -7.62. The van der Waals surface area contributed by atoms with Crippen LogP contribution in [0.4, 0.5) is 51.2 Å². The van der Waals surface area contributed by atoms with Crippen LogP contribution >= 0.6 is 0 Å². The third-order valence-corrected chi connectivity index (χ3v) is 11.4. The van der Waals surface area contributed by atoms with Crippen molar-refractivity contribution in [2.75, 3.05) is 14.7 Å². The van der Waals surface area contributed by atoms with Crippen LogP contribution in [0.5, 0.6) is 0 Å². The molecular formula is C58H49N3. The molecule has 0 aromatic heterocycles. The van der Waals surface area contributed by atoms with Gasteiger partial charge in [0, 0.05) is 51.2 Å². The molecule has 61 heavy (non-hydrogen) atoms. The second-order valence-electron chi connectivity index (χ2n) is 15.9. The van der Waals surface area contributed by atoms with Gasteiger partial charge in [-0.15, -0.1) is 0 Å². The van der Waals surface area contributed by atoms with Crippen LogP contribution in [0, 0.1) is 27.7 Å².